The van der Waals surface area contributed by atoms with E-state index in [-0.39, 0.29) is 0 Å². The Labute approximate surface area is 107 Å². The third kappa shape index (κ3) is 8.11. The van der Waals surface area contributed by atoms with Crippen molar-refractivity contribution in [2.45, 2.75) is 33.2 Å². The van der Waals surface area contributed by atoms with Crippen LogP contribution in [-0.2, 0) is 17.8 Å². The van der Waals surface area contributed by atoms with Crippen molar-refractivity contribution in [2.24, 2.45) is 0 Å². The number of rotatable bonds is 10. The Morgan fingerprint density at radius 1 is 0.941 bits per heavy atom. The molecule has 0 spiro atoms. The average molecular weight is 282 g/mol. The first-order valence-electron chi connectivity index (χ1n) is 6.35. The van der Waals surface area contributed by atoms with Crippen molar-refractivity contribution in [1.82, 2.24) is 0 Å². The summed E-state index contributed by atoms with van der Waals surface area (Å²) in [6, 6.07) is 0.758. The van der Waals surface area contributed by atoms with E-state index in [1.54, 1.807) is 0 Å². The van der Waals surface area contributed by atoms with E-state index in [0.717, 1.165) is 18.6 Å². The molecule has 104 valence electrons. The normalized spacial score (nSPS) is 13.0. The Balaban J connectivity index is 4.38. The molecule has 0 aliphatic rings. The summed E-state index contributed by atoms with van der Waals surface area (Å²) in [5, 5.41) is 0. The minimum atomic E-state index is -2.52. The molecule has 0 atom stereocenters. The minimum Gasteiger partial charge on any atom is -0.374 e. The van der Waals surface area contributed by atoms with Crippen molar-refractivity contribution in [3.63, 3.8) is 0 Å². The molecule has 0 heterocycles. The number of hydrogen-bond acceptors (Lipinski definition) is 4. The lowest BCUT2D eigenvalue weighted by Crippen LogP contribution is -2.46. The molecule has 0 aromatic carbocycles. The van der Waals surface area contributed by atoms with Crippen molar-refractivity contribution in [3.05, 3.63) is 0 Å². The third-order valence-electron chi connectivity index (χ3n) is 2.27. The van der Waals surface area contributed by atoms with Gasteiger partial charge in [0.25, 0.3) is 0 Å². The topological polar surface area (TPSA) is 44.8 Å². The van der Waals surface area contributed by atoms with Crippen LogP contribution in [0.3, 0.4) is 0 Å². The molecule has 0 aromatic heterocycles. The fourth-order valence-electron chi connectivity index (χ4n) is 1.68. The zero-order valence-electron chi connectivity index (χ0n) is 11.8. The molecular formula is C11H27O4PSi. The van der Waals surface area contributed by atoms with E-state index >= 15 is 0 Å². The van der Waals surface area contributed by atoms with Crippen LogP contribution < -0.4 is 0 Å². The van der Waals surface area contributed by atoms with E-state index in [4.69, 9.17) is 13.3 Å². The lowest BCUT2D eigenvalue weighted by molar-refractivity contribution is 0.0712. The van der Waals surface area contributed by atoms with Crippen LogP contribution in [0.5, 0.6) is 0 Å². The van der Waals surface area contributed by atoms with E-state index in [2.05, 4.69) is 0 Å². The molecule has 0 aliphatic heterocycles. The molecule has 17 heavy (non-hydrogen) atoms. The van der Waals surface area contributed by atoms with Crippen molar-refractivity contribution >= 4 is 15.9 Å². The van der Waals surface area contributed by atoms with Gasteiger partial charge in [0.15, 0.2) is 0 Å². The van der Waals surface area contributed by atoms with Gasteiger partial charge in [-0.1, -0.05) is 0 Å². The summed E-state index contributed by atoms with van der Waals surface area (Å²) in [6.45, 7) is 11.3. The van der Waals surface area contributed by atoms with Crippen LogP contribution in [0.4, 0.5) is 0 Å². The van der Waals surface area contributed by atoms with Crippen LogP contribution in [0.15, 0.2) is 0 Å². The molecule has 0 N–H and O–H groups in total. The molecule has 4 nitrogen and oxygen atoms in total. The first-order chi connectivity index (χ1) is 7.89. The van der Waals surface area contributed by atoms with Gasteiger partial charge in [-0.2, -0.15) is 0 Å². The molecule has 0 aromatic rings. The molecule has 0 bridgehead atoms. The predicted molar refractivity (Wildman–Crippen MR) is 74.4 cm³/mol. The van der Waals surface area contributed by atoms with E-state index in [1.165, 1.54) is 0 Å². The highest BCUT2D eigenvalue weighted by Gasteiger charge is 2.39. The van der Waals surface area contributed by atoms with Crippen LogP contribution in [0.2, 0.25) is 6.04 Å². The highest BCUT2D eigenvalue weighted by Crippen LogP contribution is 2.37. The van der Waals surface area contributed by atoms with Gasteiger partial charge >= 0.3 is 8.80 Å². The second-order valence-corrected chi connectivity index (χ2v) is 10.7. The monoisotopic (exact) mass is 282 g/mol. The van der Waals surface area contributed by atoms with E-state index in [1.807, 2.05) is 34.1 Å². The van der Waals surface area contributed by atoms with E-state index in [9.17, 15) is 4.57 Å². The summed E-state index contributed by atoms with van der Waals surface area (Å²) < 4.78 is 28.9. The molecule has 0 unspecified atom stereocenters. The van der Waals surface area contributed by atoms with Gasteiger partial charge in [-0.25, -0.2) is 0 Å². The summed E-state index contributed by atoms with van der Waals surface area (Å²) in [6.07, 6.45) is 1.57. The van der Waals surface area contributed by atoms with E-state index < -0.39 is 15.9 Å². The van der Waals surface area contributed by atoms with Gasteiger partial charge in [0, 0.05) is 32.0 Å². The molecule has 0 radical (unpaired) electrons. The SMILES string of the molecule is CCO[Si](CCCP(C)(C)=O)(OCC)OCC. The lowest BCUT2D eigenvalue weighted by Gasteiger charge is -2.28. The Morgan fingerprint density at radius 2 is 1.35 bits per heavy atom. The van der Waals surface area contributed by atoms with Crippen LogP contribution in [0.25, 0.3) is 0 Å². The molecule has 0 rings (SSSR count). The quantitative estimate of drug-likeness (QED) is 0.456. The fourth-order valence-corrected chi connectivity index (χ4v) is 5.51. The van der Waals surface area contributed by atoms with Crippen LogP contribution in [0, 0.1) is 0 Å². The van der Waals surface area contributed by atoms with Gasteiger partial charge in [0.1, 0.15) is 0 Å². The molecule has 6 heteroatoms. The smallest absolute Gasteiger partial charge is 0.374 e. The maximum Gasteiger partial charge on any atom is 0.500 e. The maximum absolute atomic E-state index is 11.7. The molecule has 0 fully saturated rings. The summed E-state index contributed by atoms with van der Waals surface area (Å²) in [7, 11) is -4.47. The maximum atomic E-state index is 11.7. The summed E-state index contributed by atoms with van der Waals surface area (Å²) in [4.78, 5) is 0. The molecule has 0 aliphatic carbocycles. The third-order valence-corrected chi connectivity index (χ3v) is 6.82. The van der Waals surface area contributed by atoms with Gasteiger partial charge < -0.3 is 17.8 Å². The fraction of sp³-hybridized carbons (Fsp3) is 1.00. The summed E-state index contributed by atoms with van der Waals surface area (Å²) in [5.41, 5.74) is 0. The minimum absolute atomic E-state index is 0.599. The molecule has 0 saturated carbocycles. The van der Waals surface area contributed by atoms with Gasteiger partial charge in [-0.3, -0.25) is 0 Å². The van der Waals surface area contributed by atoms with Crippen molar-refractivity contribution in [1.29, 1.82) is 0 Å². The Kier molecular flexibility index (Phi) is 8.59. The lowest BCUT2D eigenvalue weighted by atomic mass is 10.6. The first-order valence-corrected chi connectivity index (χ1v) is 11.1. The highest BCUT2D eigenvalue weighted by molar-refractivity contribution is 7.62. The van der Waals surface area contributed by atoms with Gasteiger partial charge in [0.2, 0.25) is 0 Å². The van der Waals surface area contributed by atoms with Gasteiger partial charge in [0.05, 0.1) is 7.14 Å². The predicted octanol–water partition coefficient (Wildman–Crippen LogP) is 3.05. The summed E-state index contributed by atoms with van der Waals surface area (Å²) in [5.74, 6) is 0. The second-order valence-electron chi connectivity index (χ2n) is 4.38. The van der Waals surface area contributed by atoms with Crippen LogP contribution >= 0.6 is 7.14 Å². The average Bonchev–Trinajstić information content (AvgIpc) is 2.16. The van der Waals surface area contributed by atoms with Crippen molar-refractivity contribution < 1.29 is 17.8 Å². The van der Waals surface area contributed by atoms with Crippen LogP contribution in [0.1, 0.15) is 27.2 Å². The second kappa shape index (κ2) is 8.43. The zero-order valence-corrected chi connectivity index (χ0v) is 13.7. The molecular weight excluding hydrogens is 255 g/mol. The van der Waals surface area contributed by atoms with Crippen molar-refractivity contribution in [2.75, 3.05) is 39.3 Å². The Bertz CT molecular complexity index is 225. The van der Waals surface area contributed by atoms with Crippen molar-refractivity contribution in [3.8, 4) is 0 Å². The molecule has 0 amide bonds. The first kappa shape index (κ1) is 17.3. The largest absolute Gasteiger partial charge is 0.500 e. The Morgan fingerprint density at radius 3 is 1.65 bits per heavy atom. The van der Waals surface area contributed by atoms with E-state index in [0.29, 0.717) is 19.8 Å². The summed E-state index contributed by atoms with van der Waals surface area (Å²) >= 11 is 0. The Hall–Kier alpha value is 0.327. The zero-order chi connectivity index (χ0) is 13.4. The standard InChI is InChI=1S/C11H27O4PSi/c1-6-13-17(14-7-2,15-8-3)11-9-10-16(4,5)12/h6-11H2,1-5H3. The van der Waals surface area contributed by atoms with Crippen LogP contribution in [-0.4, -0.2) is 48.1 Å². The van der Waals surface area contributed by atoms with Gasteiger partial charge in [-0.05, 0) is 40.5 Å². The molecule has 0 saturated heterocycles. The highest BCUT2D eigenvalue weighted by atomic mass is 31.2. The van der Waals surface area contributed by atoms with Gasteiger partial charge in [-0.15, -0.1) is 0 Å². The number of hydrogen-bond donors (Lipinski definition) is 0.